The van der Waals surface area contributed by atoms with Gasteiger partial charge in [-0.1, -0.05) is 42.0 Å². The van der Waals surface area contributed by atoms with E-state index in [1.165, 1.54) is 12.0 Å². The van der Waals surface area contributed by atoms with Crippen molar-refractivity contribution in [3.05, 3.63) is 83.1 Å². The average molecular weight is 587 g/mol. The second-order valence-corrected chi connectivity index (χ2v) is 12.4. The lowest BCUT2D eigenvalue weighted by molar-refractivity contribution is 0.0521. The van der Waals surface area contributed by atoms with Crippen molar-refractivity contribution in [1.29, 1.82) is 0 Å². The van der Waals surface area contributed by atoms with E-state index in [0.29, 0.717) is 23.6 Å². The highest BCUT2D eigenvalue weighted by Gasteiger charge is 2.41. The van der Waals surface area contributed by atoms with Crippen LogP contribution in [0, 0.1) is 5.92 Å². The number of ether oxygens (including phenoxy) is 2. The molecule has 1 aliphatic heterocycles. The molecule has 2 aromatic rings. The van der Waals surface area contributed by atoms with E-state index in [1.807, 2.05) is 69.3 Å². The molecule has 3 amide bonds. The molecule has 2 aliphatic carbocycles. The lowest BCUT2D eigenvalue weighted by atomic mass is 9.98. The lowest BCUT2D eigenvalue weighted by Crippen LogP contribution is -2.34. The smallest absolute Gasteiger partial charge is 0.412 e. The minimum Gasteiger partial charge on any atom is -0.444 e. The summed E-state index contributed by atoms with van der Waals surface area (Å²) in [6.07, 6.45) is 8.83. The molecule has 2 fully saturated rings. The first-order valence-corrected chi connectivity index (χ1v) is 15.2. The Kier molecular flexibility index (Phi) is 9.38. The zero-order valence-corrected chi connectivity index (χ0v) is 25.3. The predicted molar refractivity (Wildman–Crippen MR) is 167 cm³/mol. The van der Waals surface area contributed by atoms with Gasteiger partial charge in [0.2, 0.25) is 0 Å². The molecule has 3 aliphatic rings. The first-order valence-electron chi connectivity index (χ1n) is 15.2. The van der Waals surface area contributed by atoms with E-state index in [9.17, 15) is 14.4 Å². The molecule has 2 atom stereocenters. The lowest BCUT2D eigenvalue weighted by Gasteiger charge is -2.30. The van der Waals surface area contributed by atoms with Crippen LogP contribution < -0.4 is 20.9 Å². The van der Waals surface area contributed by atoms with Crippen molar-refractivity contribution in [1.82, 2.24) is 10.6 Å². The van der Waals surface area contributed by atoms with Crippen molar-refractivity contribution in [2.75, 3.05) is 23.3 Å². The second-order valence-electron chi connectivity index (χ2n) is 12.4. The molecule has 9 heteroatoms. The number of carbonyl (C=O) groups excluding carboxylic acids is 3. The average Bonchev–Trinajstić information content (AvgIpc) is 3.75. The van der Waals surface area contributed by atoms with Crippen LogP contribution in [0.1, 0.15) is 75.2 Å². The molecule has 0 aromatic heterocycles. The number of amides is 3. The quantitative estimate of drug-likeness (QED) is 0.319. The summed E-state index contributed by atoms with van der Waals surface area (Å²) in [5.74, 6) is 0.0727. The van der Waals surface area contributed by atoms with Gasteiger partial charge in [0.25, 0.3) is 5.91 Å². The fraction of sp³-hybridized carbons (Fsp3) is 0.441. The summed E-state index contributed by atoms with van der Waals surface area (Å²) in [5, 5.41) is 8.88. The Labute approximate surface area is 253 Å². The van der Waals surface area contributed by atoms with Crippen LogP contribution in [0.5, 0.6) is 0 Å². The number of piperidine rings is 1. The van der Waals surface area contributed by atoms with Crippen LogP contribution in [0.4, 0.5) is 21.0 Å². The normalized spacial score (nSPS) is 19.8. The van der Waals surface area contributed by atoms with Crippen LogP contribution in [0.25, 0.3) is 0 Å². The van der Waals surface area contributed by atoms with Gasteiger partial charge in [0.05, 0.1) is 11.4 Å². The molecule has 1 saturated heterocycles. The van der Waals surface area contributed by atoms with Gasteiger partial charge in [-0.25, -0.2) is 9.59 Å². The zero-order chi connectivity index (χ0) is 30.4. The van der Waals surface area contributed by atoms with Gasteiger partial charge in [-0.2, -0.15) is 0 Å². The molecular weight excluding hydrogens is 544 g/mol. The molecule has 2 unspecified atom stereocenters. The summed E-state index contributed by atoms with van der Waals surface area (Å²) in [4.78, 5) is 40.4. The number of anilines is 2. The van der Waals surface area contributed by atoms with Crippen LogP contribution in [0.2, 0.25) is 0 Å². The van der Waals surface area contributed by atoms with E-state index < -0.39 is 11.7 Å². The summed E-state index contributed by atoms with van der Waals surface area (Å²) in [5.41, 5.74) is 4.38. The first-order chi connectivity index (χ1) is 20.6. The van der Waals surface area contributed by atoms with Crippen LogP contribution in [0.15, 0.2) is 72.0 Å². The number of nitrogens with zero attached hydrogens (tertiary/aromatic N) is 1. The van der Waals surface area contributed by atoms with Crippen LogP contribution in [0.3, 0.4) is 0 Å². The van der Waals surface area contributed by atoms with Gasteiger partial charge in [0, 0.05) is 36.3 Å². The van der Waals surface area contributed by atoms with E-state index >= 15 is 0 Å². The molecule has 9 nitrogen and oxygen atoms in total. The Hall–Kier alpha value is -4.27. The SMILES string of the molecule is CC(C)(C)OC(=O)NC1CC1C1=CC=C(NC(=O)c2ccc(N3CCCCC3)c(NC(=O)OCc3ccccc3)c2)CC1. The van der Waals surface area contributed by atoms with Crippen molar-refractivity contribution in [3.8, 4) is 0 Å². The highest BCUT2D eigenvalue weighted by molar-refractivity contribution is 5.99. The number of hydrogen-bond acceptors (Lipinski definition) is 6. The number of alkyl carbamates (subject to hydrolysis) is 1. The topological polar surface area (TPSA) is 109 Å². The number of hydrogen-bond donors (Lipinski definition) is 3. The Morgan fingerprint density at radius 1 is 0.907 bits per heavy atom. The maximum Gasteiger partial charge on any atom is 0.412 e. The predicted octanol–water partition coefficient (Wildman–Crippen LogP) is 6.67. The molecule has 1 saturated carbocycles. The monoisotopic (exact) mass is 586 g/mol. The van der Waals surface area contributed by atoms with Crippen LogP contribution in [-0.2, 0) is 16.1 Å². The number of rotatable bonds is 8. The van der Waals surface area contributed by atoms with Gasteiger partial charge in [0.1, 0.15) is 12.2 Å². The molecule has 0 radical (unpaired) electrons. The summed E-state index contributed by atoms with van der Waals surface area (Å²) in [6.45, 7) is 7.51. The van der Waals surface area contributed by atoms with Crippen molar-refractivity contribution in [2.45, 2.75) is 77.5 Å². The van der Waals surface area contributed by atoms with Gasteiger partial charge in [0.15, 0.2) is 0 Å². The third-order valence-electron chi connectivity index (χ3n) is 7.83. The van der Waals surface area contributed by atoms with Crippen molar-refractivity contribution < 1.29 is 23.9 Å². The third-order valence-corrected chi connectivity index (χ3v) is 7.83. The van der Waals surface area contributed by atoms with E-state index in [4.69, 9.17) is 9.47 Å². The summed E-state index contributed by atoms with van der Waals surface area (Å²) < 4.78 is 10.8. The number of nitrogens with one attached hydrogen (secondary N) is 3. The van der Waals surface area contributed by atoms with Gasteiger partial charge in [-0.15, -0.1) is 0 Å². The highest BCUT2D eigenvalue weighted by Crippen LogP contribution is 2.41. The zero-order valence-electron chi connectivity index (χ0n) is 25.3. The maximum absolute atomic E-state index is 13.3. The largest absolute Gasteiger partial charge is 0.444 e. The van der Waals surface area contributed by atoms with Crippen LogP contribution in [-0.4, -0.2) is 42.8 Å². The van der Waals surface area contributed by atoms with Crippen LogP contribution >= 0.6 is 0 Å². The van der Waals surface area contributed by atoms with Gasteiger partial charge >= 0.3 is 12.2 Å². The van der Waals surface area contributed by atoms with Gasteiger partial charge in [-0.3, -0.25) is 10.1 Å². The molecule has 1 heterocycles. The molecule has 3 N–H and O–H groups in total. The van der Waals surface area contributed by atoms with E-state index in [2.05, 4.69) is 26.9 Å². The van der Waals surface area contributed by atoms with E-state index in [0.717, 1.165) is 55.7 Å². The molecular formula is C34H42N4O5. The molecule has 228 valence electrons. The minimum atomic E-state index is -0.563. The Morgan fingerprint density at radius 2 is 1.67 bits per heavy atom. The van der Waals surface area contributed by atoms with Gasteiger partial charge in [-0.05, 0) is 89.1 Å². The van der Waals surface area contributed by atoms with E-state index in [-0.39, 0.29) is 24.6 Å². The highest BCUT2D eigenvalue weighted by atomic mass is 16.6. The third kappa shape index (κ3) is 8.63. The molecule has 43 heavy (non-hydrogen) atoms. The fourth-order valence-electron chi connectivity index (χ4n) is 5.56. The standard InChI is InChI=1S/C34H42N4O5/c1-34(2,3)43-33(41)36-28-21-27(28)24-12-15-26(16-13-24)35-31(39)25-14-17-30(38-18-8-5-9-19-38)29(20-25)37-32(40)42-22-23-10-6-4-7-11-23/h4,6-7,10-12,14-15,17,20,27-28H,5,8-9,13,16,18-19,21-22H2,1-3H3,(H,35,39)(H,36,41)(H,37,40). The Bertz CT molecular complexity index is 1390. The first kappa shape index (κ1) is 30.2. The van der Waals surface area contributed by atoms with Gasteiger partial charge < -0.3 is 25.0 Å². The summed E-state index contributed by atoms with van der Waals surface area (Å²) in [7, 11) is 0. The van der Waals surface area contributed by atoms with Crippen molar-refractivity contribution >= 4 is 29.5 Å². The Morgan fingerprint density at radius 3 is 2.37 bits per heavy atom. The number of benzene rings is 2. The Balaban J connectivity index is 1.21. The molecule has 0 bridgehead atoms. The molecule has 5 rings (SSSR count). The van der Waals surface area contributed by atoms with E-state index in [1.54, 1.807) is 6.07 Å². The van der Waals surface area contributed by atoms with Crippen molar-refractivity contribution in [3.63, 3.8) is 0 Å². The maximum atomic E-state index is 13.3. The molecule has 0 spiro atoms. The molecule has 2 aromatic carbocycles. The fourth-order valence-corrected chi connectivity index (χ4v) is 5.56. The van der Waals surface area contributed by atoms with Crippen molar-refractivity contribution in [2.24, 2.45) is 5.92 Å². The number of carbonyl (C=O) groups is 3. The summed E-state index contributed by atoms with van der Waals surface area (Å²) >= 11 is 0. The summed E-state index contributed by atoms with van der Waals surface area (Å²) in [6, 6.07) is 15.1. The minimum absolute atomic E-state index is 0.0920. The second kappa shape index (κ2) is 13.4. The number of allylic oxidation sites excluding steroid dienone is 3.